The number of benzene rings is 1. The molecule has 26 heavy (non-hydrogen) atoms. The van der Waals surface area contributed by atoms with Crippen LogP contribution >= 0.6 is 0 Å². The fourth-order valence-corrected chi connectivity index (χ4v) is 3.63. The maximum absolute atomic E-state index is 13.3. The van der Waals surface area contributed by atoms with Crippen molar-refractivity contribution in [2.45, 2.75) is 39.2 Å². The van der Waals surface area contributed by atoms with Gasteiger partial charge in [0.1, 0.15) is 5.82 Å². The van der Waals surface area contributed by atoms with Crippen LogP contribution in [0.1, 0.15) is 52.6 Å². The minimum Gasteiger partial charge on any atom is -0.350 e. The van der Waals surface area contributed by atoms with Crippen LogP contribution in [0.2, 0.25) is 0 Å². The molecule has 5 heteroatoms. The van der Waals surface area contributed by atoms with Gasteiger partial charge in [0.2, 0.25) is 0 Å². The van der Waals surface area contributed by atoms with Crippen LogP contribution in [0.5, 0.6) is 0 Å². The third-order valence-corrected chi connectivity index (χ3v) is 4.89. The minimum absolute atomic E-state index is 0.0591. The second kappa shape index (κ2) is 8.41. The van der Waals surface area contributed by atoms with Crippen LogP contribution in [0.25, 0.3) is 0 Å². The van der Waals surface area contributed by atoms with Gasteiger partial charge in [-0.05, 0) is 69.6 Å². The molecule has 0 bridgehead atoms. The quantitative estimate of drug-likeness (QED) is 0.887. The third kappa shape index (κ3) is 4.67. The lowest BCUT2D eigenvalue weighted by Crippen LogP contribution is -2.40. The van der Waals surface area contributed by atoms with E-state index in [9.17, 15) is 9.18 Å². The average molecular weight is 355 g/mol. The molecular formula is C21H26FN3O. The molecule has 0 aliphatic carbocycles. The summed E-state index contributed by atoms with van der Waals surface area (Å²) < 4.78 is 13.3. The molecule has 1 atom stereocenters. The summed E-state index contributed by atoms with van der Waals surface area (Å²) in [5.74, 6) is -0.333. The predicted octanol–water partition coefficient (Wildman–Crippen LogP) is 3.79. The molecule has 1 N–H and O–H groups in total. The van der Waals surface area contributed by atoms with Crippen LogP contribution in [0.4, 0.5) is 4.39 Å². The number of likely N-dealkylation sites (tertiary alicyclic amines) is 1. The highest BCUT2D eigenvalue weighted by molar-refractivity contribution is 5.94. The predicted molar refractivity (Wildman–Crippen MR) is 101 cm³/mol. The molecule has 0 spiro atoms. The van der Waals surface area contributed by atoms with Gasteiger partial charge in [-0.1, -0.05) is 18.6 Å². The Labute approximate surface area is 154 Å². The number of carbonyl (C=O) groups excluding carboxylic acids is 1. The lowest BCUT2D eigenvalue weighted by atomic mass is 10.0. The summed E-state index contributed by atoms with van der Waals surface area (Å²) in [4.78, 5) is 19.3. The van der Waals surface area contributed by atoms with E-state index in [4.69, 9.17) is 0 Å². The zero-order valence-corrected chi connectivity index (χ0v) is 15.5. The number of pyridine rings is 1. The average Bonchev–Trinajstić information content (AvgIpc) is 2.63. The summed E-state index contributed by atoms with van der Waals surface area (Å²) in [6.07, 6.45) is 3.57. The van der Waals surface area contributed by atoms with Crippen LogP contribution < -0.4 is 5.32 Å². The topological polar surface area (TPSA) is 45.2 Å². The van der Waals surface area contributed by atoms with Crippen molar-refractivity contribution in [3.63, 3.8) is 0 Å². The molecule has 2 heterocycles. The number of piperidine rings is 1. The Kier molecular flexibility index (Phi) is 5.99. The van der Waals surface area contributed by atoms with E-state index >= 15 is 0 Å². The number of carbonyl (C=O) groups is 1. The van der Waals surface area contributed by atoms with Crippen LogP contribution in [0.3, 0.4) is 0 Å². The summed E-state index contributed by atoms with van der Waals surface area (Å²) in [5.41, 5.74) is 3.34. The number of hydrogen-bond donors (Lipinski definition) is 1. The highest BCUT2D eigenvalue weighted by Crippen LogP contribution is 2.24. The normalized spacial score (nSPS) is 16.3. The van der Waals surface area contributed by atoms with Gasteiger partial charge in [0.15, 0.2) is 0 Å². The zero-order chi connectivity index (χ0) is 18.5. The number of nitrogens with one attached hydrogen (secondary N) is 1. The first-order valence-electron chi connectivity index (χ1n) is 9.26. The zero-order valence-electron chi connectivity index (χ0n) is 15.5. The molecule has 1 aromatic heterocycles. The summed E-state index contributed by atoms with van der Waals surface area (Å²) in [7, 11) is 0. The summed E-state index contributed by atoms with van der Waals surface area (Å²) in [6.45, 7) is 6.29. The summed E-state index contributed by atoms with van der Waals surface area (Å²) in [5, 5.41) is 3.06. The van der Waals surface area contributed by atoms with Gasteiger partial charge in [-0.3, -0.25) is 14.7 Å². The molecule has 138 valence electrons. The van der Waals surface area contributed by atoms with E-state index in [2.05, 4.69) is 15.2 Å². The Bertz CT molecular complexity index is 734. The fourth-order valence-electron chi connectivity index (χ4n) is 3.63. The lowest BCUT2D eigenvalue weighted by molar-refractivity contribution is 0.0924. The second-order valence-corrected chi connectivity index (χ2v) is 7.01. The summed E-state index contributed by atoms with van der Waals surface area (Å²) in [6, 6.07) is 10.3. The molecule has 3 rings (SSSR count). The van der Waals surface area contributed by atoms with Gasteiger partial charge in [0.05, 0.1) is 6.04 Å². The SMILES string of the molecule is Cc1cc(C(=O)NC[C@@H](c2ccc(F)cc2)N2CCCCC2)cc(C)n1. The van der Waals surface area contributed by atoms with E-state index in [0.717, 1.165) is 42.9 Å². The number of rotatable bonds is 5. The van der Waals surface area contributed by atoms with Crippen LogP contribution in [-0.4, -0.2) is 35.4 Å². The molecule has 4 nitrogen and oxygen atoms in total. The minimum atomic E-state index is -0.238. The van der Waals surface area contributed by atoms with Crippen LogP contribution in [0.15, 0.2) is 36.4 Å². The van der Waals surface area contributed by atoms with E-state index in [1.807, 2.05) is 26.0 Å². The van der Waals surface area contributed by atoms with Crippen molar-refractivity contribution < 1.29 is 9.18 Å². The van der Waals surface area contributed by atoms with Crippen molar-refractivity contribution in [3.8, 4) is 0 Å². The van der Waals surface area contributed by atoms with Gasteiger partial charge >= 0.3 is 0 Å². The van der Waals surface area contributed by atoms with Gasteiger partial charge in [-0.15, -0.1) is 0 Å². The summed E-state index contributed by atoms with van der Waals surface area (Å²) >= 11 is 0. The standard InChI is InChI=1S/C21H26FN3O/c1-15-12-18(13-16(2)24-15)21(26)23-14-20(25-10-4-3-5-11-25)17-6-8-19(22)9-7-17/h6-9,12-13,20H,3-5,10-11,14H2,1-2H3,(H,23,26)/t20-/m0/s1. The first kappa shape index (κ1) is 18.5. The smallest absolute Gasteiger partial charge is 0.251 e. The number of aromatic nitrogens is 1. The Morgan fingerprint density at radius 1 is 1.12 bits per heavy atom. The fraction of sp³-hybridized carbons (Fsp3) is 0.429. The maximum Gasteiger partial charge on any atom is 0.251 e. The van der Waals surface area contributed by atoms with Gasteiger partial charge in [-0.2, -0.15) is 0 Å². The van der Waals surface area contributed by atoms with Crippen molar-refractivity contribution in [3.05, 3.63) is 64.7 Å². The Morgan fingerprint density at radius 3 is 2.35 bits per heavy atom. The van der Waals surface area contributed by atoms with Gasteiger partial charge in [-0.25, -0.2) is 4.39 Å². The first-order valence-corrected chi connectivity index (χ1v) is 9.26. The van der Waals surface area contributed by atoms with E-state index in [1.54, 1.807) is 12.1 Å². The highest BCUT2D eigenvalue weighted by Gasteiger charge is 2.23. The van der Waals surface area contributed by atoms with Crippen molar-refractivity contribution in [2.75, 3.05) is 19.6 Å². The van der Waals surface area contributed by atoms with Crippen LogP contribution in [-0.2, 0) is 0 Å². The molecule has 1 amide bonds. The van der Waals surface area contributed by atoms with Crippen molar-refractivity contribution in [2.24, 2.45) is 0 Å². The number of aryl methyl sites for hydroxylation is 2. The molecule has 0 unspecified atom stereocenters. The van der Waals surface area contributed by atoms with E-state index < -0.39 is 0 Å². The van der Waals surface area contributed by atoms with Gasteiger partial charge in [0.25, 0.3) is 5.91 Å². The second-order valence-electron chi connectivity index (χ2n) is 7.01. The molecular weight excluding hydrogens is 329 g/mol. The number of nitrogens with zero attached hydrogens (tertiary/aromatic N) is 2. The monoisotopic (exact) mass is 355 g/mol. The van der Waals surface area contributed by atoms with E-state index in [-0.39, 0.29) is 17.8 Å². The number of hydrogen-bond acceptors (Lipinski definition) is 3. The van der Waals surface area contributed by atoms with Gasteiger partial charge < -0.3 is 5.32 Å². The lowest BCUT2D eigenvalue weighted by Gasteiger charge is -2.35. The van der Waals surface area contributed by atoms with Crippen molar-refractivity contribution in [1.29, 1.82) is 0 Å². The van der Waals surface area contributed by atoms with E-state index in [1.165, 1.54) is 18.6 Å². The van der Waals surface area contributed by atoms with Crippen LogP contribution in [0, 0.1) is 19.7 Å². The molecule has 1 aromatic carbocycles. The highest BCUT2D eigenvalue weighted by atomic mass is 19.1. The molecule has 1 saturated heterocycles. The Balaban J connectivity index is 1.74. The molecule has 0 radical (unpaired) electrons. The van der Waals surface area contributed by atoms with Gasteiger partial charge in [0, 0.05) is 23.5 Å². The maximum atomic E-state index is 13.3. The Hall–Kier alpha value is -2.27. The largest absolute Gasteiger partial charge is 0.350 e. The molecule has 1 aliphatic heterocycles. The third-order valence-electron chi connectivity index (χ3n) is 4.89. The molecule has 0 saturated carbocycles. The molecule has 2 aromatic rings. The number of amides is 1. The van der Waals surface area contributed by atoms with E-state index in [0.29, 0.717) is 12.1 Å². The molecule has 1 fully saturated rings. The first-order chi connectivity index (χ1) is 12.5. The van der Waals surface area contributed by atoms with Crippen molar-refractivity contribution >= 4 is 5.91 Å². The molecule has 1 aliphatic rings. The van der Waals surface area contributed by atoms with Crippen molar-refractivity contribution in [1.82, 2.24) is 15.2 Å². The Morgan fingerprint density at radius 2 is 1.73 bits per heavy atom. The number of halogens is 1.